The molecule has 0 radical (unpaired) electrons. The zero-order valence-corrected chi connectivity index (χ0v) is 19.3. The van der Waals surface area contributed by atoms with Crippen LogP contribution in [0, 0.1) is 0 Å². The predicted octanol–water partition coefficient (Wildman–Crippen LogP) is 5.04. The monoisotopic (exact) mass is 484 g/mol. The van der Waals surface area contributed by atoms with Crippen molar-refractivity contribution in [2.45, 2.75) is 6.10 Å². The van der Waals surface area contributed by atoms with Crippen LogP contribution in [0.1, 0.15) is 20.7 Å². The van der Waals surface area contributed by atoms with Crippen LogP contribution >= 0.6 is 0 Å². The number of fused-ring (bicyclic) bond motifs is 2. The van der Waals surface area contributed by atoms with E-state index in [9.17, 15) is 14.4 Å². The molecule has 0 atom stereocenters. The van der Waals surface area contributed by atoms with Gasteiger partial charge in [-0.25, -0.2) is 4.79 Å². The topological polar surface area (TPSA) is 113 Å². The second-order valence-electron chi connectivity index (χ2n) is 7.84. The van der Waals surface area contributed by atoms with Crippen LogP contribution in [0.5, 0.6) is 23.0 Å². The maximum absolute atomic E-state index is 12.4. The van der Waals surface area contributed by atoms with Crippen LogP contribution in [-0.4, -0.2) is 43.0 Å². The third kappa shape index (κ3) is 4.18. The number of amides is 1. The van der Waals surface area contributed by atoms with E-state index >= 15 is 0 Å². The number of rotatable bonds is 6. The Balaban J connectivity index is 1.27. The number of hydrogen-bond donors (Lipinski definition) is 1. The van der Waals surface area contributed by atoms with E-state index in [2.05, 4.69) is 10.3 Å². The lowest BCUT2D eigenvalue weighted by atomic mass is 10.1. The molecule has 0 aliphatic heterocycles. The summed E-state index contributed by atoms with van der Waals surface area (Å²) in [5.41, 5.74) is 1.57. The van der Waals surface area contributed by atoms with Crippen molar-refractivity contribution in [3.05, 3.63) is 84.1 Å². The van der Waals surface area contributed by atoms with Gasteiger partial charge in [-0.15, -0.1) is 0 Å². The number of methoxy groups -OCH3 is 2. The van der Waals surface area contributed by atoms with Crippen molar-refractivity contribution in [3.8, 4) is 23.0 Å². The first-order valence-electron chi connectivity index (χ1n) is 10.9. The third-order valence-electron chi connectivity index (χ3n) is 5.69. The highest BCUT2D eigenvalue weighted by molar-refractivity contribution is 6.29. The molecule has 1 N–H and O–H groups in total. The number of aromatic nitrogens is 1. The number of hydrogen-bond acceptors (Lipinski definition) is 8. The molecule has 0 bridgehead atoms. The van der Waals surface area contributed by atoms with Crippen LogP contribution in [0.15, 0.2) is 72.9 Å². The van der Waals surface area contributed by atoms with Gasteiger partial charge < -0.3 is 18.9 Å². The number of nitrogens with one attached hydrogen (secondary N) is 1. The molecular formula is C27H20N2O7. The number of benzene rings is 3. The summed E-state index contributed by atoms with van der Waals surface area (Å²) in [5, 5.41) is 3.25. The Kier molecular flexibility index (Phi) is 5.95. The summed E-state index contributed by atoms with van der Waals surface area (Å²) in [6.07, 6.45) is -0.774. The average Bonchev–Trinajstić information content (AvgIpc) is 3.14. The molecule has 0 spiro atoms. The molecule has 0 unspecified atom stereocenters. The van der Waals surface area contributed by atoms with E-state index in [1.807, 2.05) is 0 Å². The number of nitrogens with zero attached hydrogens (tertiary/aromatic N) is 1. The van der Waals surface area contributed by atoms with Crippen molar-refractivity contribution >= 4 is 34.3 Å². The molecule has 0 fully saturated rings. The number of ether oxygens (including phenoxy) is 4. The lowest BCUT2D eigenvalue weighted by Gasteiger charge is -2.13. The number of carbonyl (C=O) groups is 3. The average molecular weight is 484 g/mol. The van der Waals surface area contributed by atoms with Crippen molar-refractivity contribution in [2.24, 2.45) is 0 Å². The van der Waals surface area contributed by atoms with E-state index in [0.29, 0.717) is 34.2 Å². The Labute approximate surface area is 205 Å². The molecule has 36 heavy (non-hydrogen) atoms. The maximum atomic E-state index is 12.4. The molecule has 5 rings (SSSR count). The zero-order chi connectivity index (χ0) is 25.2. The summed E-state index contributed by atoms with van der Waals surface area (Å²) in [4.78, 5) is 41.5. The molecule has 1 amide bonds. The molecule has 1 aliphatic carbocycles. The normalized spacial score (nSPS) is 12.8. The summed E-state index contributed by atoms with van der Waals surface area (Å²) in [6, 6.07) is 18.2. The van der Waals surface area contributed by atoms with Crippen LogP contribution in [0.25, 0.3) is 10.9 Å². The second-order valence-corrected chi connectivity index (χ2v) is 7.84. The van der Waals surface area contributed by atoms with Gasteiger partial charge in [0.25, 0.3) is 0 Å². The van der Waals surface area contributed by atoms with Gasteiger partial charge in [-0.1, -0.05) is 24.3 Å². The minimum atomic E-state index is -1.49. The lowest BCUT2D eigenvalue weighted by molar-refractivity contribution is 0.0598. The third-order valence-corrected chi connectivity index (χ3v) is 5.69. The van der Waals surface area contributed by atoms with Crippen LogP contribution < -0.4 is 19.5 Å². The summed E-state index contributed by atoms with van der Waals surface area (Å²) in [6.45, 7) is 0. The predicted molar refractivity (Wildman–Crippen MR) is 130 cm³/mol. The highest BCUT2D eigenvalue weighted by atomic mass is 16.6. The zero-order valence-electron chi connectivity index (χ0n) is 19.3. The van der Waals surface area contributed by atoms with E-state index in [-0.39, 0.29) is 11.1 Å². The van der Waals surface area contributed by atoms with E-state index in [1.165, 1.54) is 12.1 Å². The first kappa shape index (κ1) is 22.9. The Morgan fingerprint density at radius 3 is 2.11 bits per heavy atom. The Morgan fingerprint density at radius 1 is 0.833 bits per heavy atom. The lowest BCUT2D eigenvalue weighted by Crippen LogP contribution is -2.31. The van der Waals surface area contributed by atoms with Gasteiger partial charge in [0.15, 0.2) is 11.5 Å². The van der Waals surface area contributed by atoms with Gasteiger partial charge >= 0.3 is 6.09 Å². The second kappa shape index (κ2) is 9.38. The van der Waals surface area contributed by atoms with E-state index < -0.39 is 23.8 Å². The molecule has 9 nitrogen and oxygen atoms in total. The summed E-state index contributed by atoms with van der Waals surface area (Å²) >= 11 is 0. The van der Waals surface area contributed by atoms with Crippen molar-refractivity contribution in [1.82, 2.24) is 4.98 Å². The standard InChI is InChI=1S/C27H20N2O7/c1-33-22-13-19-20(14-23(22)34-2)28-12-11-21(19)35-16-9-7-15(8-10-16)29-27(32)36-26-24(30)17-5-3-4-6-18(17)25(26)31/h3-14,26H,1-2H3,(H,29,32). The molecule has 1 heterocycles. The highest BCUT2D eigenvalue weighted by Gasteiger charge is 2.41. The molecule has 1 aliphatic rings. The summed E-state index contributed by atoms with van der Waals surface area (Å²) in [7, 11) is 3.10. The minimum absolute atomic E-state index is 0.251. The number of pyridine rings is 1. The van der Waals surface area contributed by atoms with Crippen molar-refractivity contribution in [1.29, 1.82) is 0 Å². The van der Waals surface area contributed by atoms with Gasteiger partial charge in [0.1, 0.15) is 11.5 Å². The quantitative estimate of drug-likeness (QED) is 0.379. The van der Waals surface area contributed by atoms with Gasteiger partial charge in [0, 0.05) is 34.5 Å². The molecule has 0 saturated carbocycles. The smallest absolute Gasteiger partial charge is 0.412 e. The van der Waals surface area contributed by atoms with E-state index in [4.69, 9.17) is 18.9 Å². The molecule has 1 aromatic heterocycles. The fourth-order valence-electron chi connectivity index (χ4n) is 3.95. The molecule has 3 aromatic carbocycles. The van der Waals surface area contributed by atoms with Crippen LogP contribution in [-0.2, 0) is 4.74 Å². The first-order chi connectivity index (χ1) is 17.5. The Bertz CT molecular complexity index is 1460. The van der Waals surface area contributed by atoms with Crippen molar-refractivity contribution in [3.63, 3.8) is 0 Å². The van der Waals surface area contributed by atoms with Crippen molar-refractivity contribution in [2.75, 3.05) is 19.5 Å². The van der Waals surface area contributed by atoms with Crippen LogP contribution in [0.3, 0.4) is 0 Å². The van der Waals surface area contributed by atoms with Crippen LogP contribution in [0.2, 0.25) is 0 Å². The van der Waals surface area contributed by atoms with E-state index in [0.717, 1.165) is 5.39 Å². The number of anilines is 1. The molecular weight excluding hydrogens is 464 g/mol. The summed E-state index contributed by atoms with van der Waals surface area (Å²) < 4.78 is 21.9. The Morgan fingerprint density at radius 2 is 1.47 bits per heavy atom. The van der Waals surface area contributed by atoms with Gasteiger partial charge in [-0.2, -0.15) is 0 Å². The largest absolute Gasteiger partial charge is 0.493 e. The van der Waals surface area contributed by atoms with Crippen molar-refractivity contribution < 1.29 is 33.3 Å². The first-order valence-corrected chi connectivity index (χ1v) is 10.9. The minimum Gasteiger partial charge on any atom is -0.493 e. The SMILES string of the molecule is COc1cc2nccc(Oc3ccc(NC(=O)OC4C(=O)c5ccccc5C4=O)cc3)c2cc1OC. The summed E-state index contributed by atoms with van der Waals surface area (Å²) in [5.74, 6) is 1.10. The Hall–Kier alpha value is -4.92. The number of carbonyl (C=O) groups excluding carboxylic acids is 3. The fourth-order valence-corrected chi connectivity index (χ4v) is 3.95. The number of Topliss-reactive ketones (excluding diaryl/α,β-unsaturated/α-hetero) is 2. The van der Waals surface area contributed by atoms with E-state index in [1.54, 1.807) is 75.0 Å². The molecule has 4 aromatic rings. The fraction of sp³-hybridized carbons (Fsp3) is 0.111. The molecule has 180 valence electrons. The number of ketones is 2. The molecule has 0 saturated heterocycles. The molecule has 9 heteroatoms. The van der Waals surface area contributed by atoms with Gasteiger partial charge in [0.05, 0.1) is 19.7 Å². The highest BCUT2D eigenvalue weighted by Crippen LogP contribution is 2.37. The van der Waals surface area contributed by atoms with Gasteiger partial charge in [-0.05, 0) is 36.4 Å². The van der Waals surface area contributed by atoms with Gasteiger partial charge in [0.2, 0.25) is 17.7 Å². The van der Waals surface area contributed by atoms with Gasteiger partial charge in [-0.3, -0.25) is 19.9 Å². The maximum Gasteiger partial charge on any atom is 0.412 e. The van der Waals surface area contributed by atoms with Crippen LogP contribution in [0.4, 0.5) is 10.5 Å².